The van der Waals surface area contributed by atoms with Crippen LogP contribution in [0.2, 0.25) is 0 Å². The summed E-state index contributed by atoms with van der Waals surface area (Å²) in [4.78, 5) is 4.69. The van der Waals surface area contributed by atoms with Gasteiger partial charge >= 0.3 is 0 Å². The fourth-order valence-corrected chi connectivity index (χ4v) is 5.31. The molecule has 0 aliphatic carbocycles. The van der Waals surface area contributed by atoms with Gasteiger partial charge in [0.1, 0.15) is 0 Å². The average molecular weight is 260 g/mol. The molecule has 3 atom stereocenters. The molecule has 0 radical (unpaired) electrons. The summed E-state index contributed by atoms with van der Waals surface area (Å²) in [5.74, 6) is 0.0867. The molecule has 3 aliphatic rings. The number of sulfone groups is 1. The van der Waals surface area contributed by atoms with Gasteiger partial charge in [-0.15, -0.1) is 0 Å². The van der Waals surface area contributed by atoms with Gasteiger partial charge in [0.05, 0.1) is 23.7 Å². The molecule has 5 nitrogen and oxygen atoms in total. The van der Waals surface area contributed by atoms with Crippen molar-refractivity contribution in [3.63, 3.8) is 0 Å². The highest BCUT2D eigenvalue weighted by molar-refractivity contribution is 7.91. The number of hydrogen-bond acceptors (Lipinski definition) is 5. The van der Waals surface area contributed by atoms with E-state index in [9.17, 15) is 13.5 Å². The molecule has 0 aromatic rings. The summed E-state index contributed by atoms with van der Waals surface area (Å²) < 4.78 is 23.0. The van der Waals surface area contributed by atoms with Crippen LogP contribution in [0.3, 0.4) is 0 Å². The van der Waals surface area contributed by atoms with Gasteiger partial charge in [0.2, 0.25) is 0 Å². The SMILES string of the molecule is O=S1(=O)CC(O)C(N2CCN3CCCC3C2)C1. The van der Waals surface area contributed by atoms with Crippen molar-refractivity contribution in [2.24, 2.45) is 0 Å². The predicted octanol–water partition coefficient (Wildman–Crippen LogP) is -1.08. The van der Waals surface area contributed by atoms with Crippen LogP contribution in [0.5, 0.6) is 0 Å². The van der Waals surface area contributed by atoms with Gasteiger partial charge in [-0.1, -0.05) is 0 Å². The topological polar surface area (TPSA) is 60.9 Å². The Hall–Kier alpha value is -0.170. The maximum absolute atomic E-state index is 11.5. The van der Waals surface area contributed by atoms with E-state index in [1.165, 1.54) is 19.4 Å². The first kappa shape index (κ1) is 11.9. The van der Waals surface area contributed by atoms with Crippen LogP contribution < -0.4 is 0 Å². The molecule has 0 spiro atoms. The number of nitrogens with zero attached hydrogens (tertiary/aromatic N) is 2. The molecule has 0 bridgehead atoms. The molecular weight excluding hydrogens is 240 g/mol. The zero-order chi connectivity index (χ0) is 12.0. The number of piperazine rings is 1. The first-order chi connectivity index (χ1) is 8.05. The summed E-state index contributed by atoms with van der Waals surface area (Å²) in [5, 5.41) is 9.88. The third-order valence-corrected chi connectivity index (χ3v) is 6.08. The van der Waals surface area contributed by atoms with Crippen LogP contribution in [-0.2, 0) is 9.84 Å². The van der Waals surface area contributed by atoms with Crippen LogP contribution in [-0.4, -0.2) is 79.2 Å². The number of aliphatic hydroxyl groups excluding tert-OH is 1. The molecule has 0 amide bonds. The van der Waals surface area contributed by atoms with Crippen molar-refractivity contribution in [1.29, 1.82) is 0 Å². The van der Waals surface area contributed by atoms with Crippen molar-refractivity contribution in [3.8, 4) is 0 Å². The third-order valence-electron chi connectivity index (χ3n) is 4.38. The van der Waals surface area contributed by atoms with E-state index >= 15 is 0 Å². The Morgan fingerprint density at radius 3 is 2.53 bits per heavy atom. The van der Waals surface area contributed by atoms with Crippen LogP contribution >= 0.6 is 0 Å². The maximum Gasteiger partial charge on any atom is 0.154 e. The van der Waals surface area contributed by atoms with Crippen molar-refractivity contribution in [1.82, 2.24) is 9.80 Å². The van der Waals surface area contributed by atoms with Crippen molar-refractivity contribution >= 4 is 9.84 Å². The first-order valence-electron chi connectivity index (χ1n) is 6.42. The van der Waals surface area contributed by atoms with Crippen molar-refractivity contribution < 1.29 is 13.5 Å². The second kappa shape index (κ2) is 4.19. The normalized spacial score (nSPS) is 42.8. The third kappa shape index (κ3) is 2.23. The summed E-state index contributed by atoms with van der Waals surface area (Å²) in [6.45, 7) is 4.03. The van der Waals surface area contributed by atoms with Crippen LogP contribution in [0, 0.1) is 0 Å². The number of aliphatic hydroxyl groups is 1. The smallest absolute Gasteiger partial charge is 0.154 e. The molecule has 3 heterocycles. The molecule has 3 saturated heterocycles. The van der Waals surface area contributed by atoms with Gasteiger partial charge in [-0.25, -0.2) is 8.42 Å². The summed E-state index contributed by atoms with van der Waals surface area (Å²) >= 11 is 0. The van der Waals surface area contributed by atoms with Crippen LogP contribution in [0.25, 0.3) is 0 Å². The van der Waals surface area contributed by atoms with Crippen molar-refractivity contribution in [2.45, 2.75) is 31.0 Å². The van der Waals surface area contributed by atoms with Gasteiger partial charge in [0.15, 0.2) is 9.84 Å². The van der Waals surface area contributed by atoms with Gasteiger partial charge in [-0.2, -0.15) is 0 Å². The number of hydrogen-bond donors (Lipinski definition) is 1. The highest BCUT2D eigenvalue weighted by Gasteiger charge is 2.42. The minimum absolute atomic E-state index is 0.0530. The standard InChI is InChI=1S/C11H20N2O3S/c14-11-8-17(15,16)7-10(11)13-5-4-12-3-1-2-9(12)6-13/h9-11,14H,1-8H2. The van der Waals surface area contributed by atoms with Crippen LogP contribution in [0.4, 0.5) is 0 Å². The Kier molecular flexibility index (Phi) is 2.93. The molecule has 0 aromatic heterocycles. The van der Waals surface area contributed by atoms with E-state index in [0.717, 1.165) is 19.6 Å². The lowest BCUT2D eigenvalue weighted by molar-refractivity contribution is 0.0297. The lowest BCUT2D eigenvalue weighted by atomic mass is 10.1. The molecule has 3 rings (SSSR count). The Morgan fingerprint density at radius 1 is 1.06 bits per heavy atom. The maximum atomic E-state index is 11.5. The highest BCUT2D eigenvalue weighted by Crippen LogP contribution is 2.26. The van der Waals surface area contributed by atoms with E-state index in [0.29, 0.717) is 6.04 Å². The molecule has 17 heavy (non-hydrogen) atoms. The van der Waals surface area contributed by atoms with Gasteiger partial charge in [0, 0.05) is 25.7 Å². The Bertz CT molecular complexity index is 398. The fraction of sp³-hybridized carbons (Fsp3) is 1.00. The Morgan fingerprint density at radius 2 is 1.82 bits per heavy atom. The summed E-state index contributed by atoms with van der Waals surface area (Å²) in [6.07, 6.45) is 1.78. The fourth-order valence-electron chi connectivity index (χ4n) is 3.48. The molecule has 0 aromatic carbocycles. The van der Waals surface area contributed by atoms with Gasteiger partial charge in [-0.3, -0.25) is 9.80 Å². The molecule has 3 aliphatic heterocycles. The second-order valence-electron chi connectivity index (χ2n) is 5.54. The Labute approximate surface area is 102 Å². The van der Waals surface area contributed by atoms with Crippen LogP contribution in [0.15, 0.2) is 0 Å². The van der Waals surface area contributed by atoms with Crippen molar-refractivity contribution in [3.05, 3.63) is 0 Å². The first-order valence-corrected chi connectivity index (χ1v) is 8.24. The van der Waals surface area contributed by atoms with Crippen LogP contribution in [0.1, 0.15) is 12.8 Å². The molecule has 6 heteroatoms. The molecular formula is C11H20N2O3S. The molecule has 98 valence electrons. The molecule has 0 saturated carbocycles. The lowest BCUT2D eigenvalue weighted by Gasteiger charge is -2.41. The van der Waals surface area contributed by atoms with E-state index in [4.69, 9.17) is 0 Å². The Balaban J connectivity index is 1.69. The quantitative estimate of drug-likeness (QED) is 0.650. The van der Waals surface area contributed by atoms with E-state index in [-0.39, 0.29) is 17.5 Å². The van der Waals surface area contributed by atoms with E-state index < -0.39 is 15.9 Å². The average Bonchev–Trinajstić information content (AvgIpc) is 2.81. The van der Waals surface area contributed by atoms with E-state index in [1.807, 2.05) is 0 Å². The predicted molar refractivity (Wildman–Crippen MR) is 64.6 cm³/mol. The molecule has 3 fully saturated rings. The summed E-state index contributed by atoms with van der Waals surface area (Å²) in [7, 11) is -3.02. The zero-order valence-corrected chi connectivity index (χ0v) is 10.8. The summed E-state index contributed by atoms with van der Waals surface area (Å²) in [5.41, 5.74) is 0. The number of fused-ring (bicyclic) bond motifs is 1. The van der Waals surface area contributed by atoms with E-state index in [2.05, 4.69) is 9.80 Å². The van der Waals surface area contributed by atoms with Gasteiger partial charge in [-0.05, 0) is 19.4 Å². The molecule has 3 unspecified atom stereocenters. The second-order valence-corrected chi connectivity index (χ2v) is 7.69. The number of rotatable bonds is 1. The zero-order valence-electron chi connectivity index (χ0n) is 9.96. The monoisotopic (exact) mass is 260 g/mol. The molecule has 1 N–H and O–H groups in total. The minimum atomic E-state index is -3.02. The van der Waals surface area contributed by atoms with Crippen molar-refractivity contribution in [2.75, 3.05) is 37.7 Å². The van der Waals surface area contributed by atoms with Gasteiger partial charge in [0.25, 0.3) is 0 Å². The lowest BCUT2D eigenvalue weighted by Crippen LogP contribution is -2.56. The summed E-state index contributed by atoms with van der Waals surface area (Å²) in [6, 6.07) is 0.419. The minimum Gasteiger partial charge on any atom is -0.390 e. The highest BCUT2D eigenvalue weighted by atomic mass is 32.2. The van der Waals surface area contributed by atoms with Gasteiger partial charge < -0.3 is 5.11 Å². The van der Waals surface area contributed by atoms with E-state index in [1.54, 1.807) is 0 Å². The largest absolute Gasteiger partial charge is 0.390 e.